The van der Waals surface area contributed by atoms with Crippen LogP contribution in [0.2, 0.25) is 0 Å². The molecule has 112 valence electrons. The van der Waals surface area contributed by atoms with Gasteiger partial charge in [0, 0.05) is 25.8 Å². The van der Waals surface area contributed by atoms with Crippen LogP contribution in [0.5, 0.6) is 0 Å². The Kier molecular flexibility index (Phi) is 8.11. The number of Topliss-reactive ketones (excluding diaryl/α,β-unsaturated/α-hetero) is 1. The Morgan fingerprint density at radius 3 is 2.50 bits per heavy atom. The fourth-order valence-corrected chi connectivity index (χ4v) is 2.07. The number of methoxy groups -OCH3 is 1. The zero-order chi connectivity index (χ0) is 14.8. The summed E-state index contributed by atoms with van der Waals surface area (Å²) in [7, 11) is 1.63. The lowest BCUT2D eigenvalue weighted by Crippen LogP contribution is -2.35. The number of nitrogens with zero attached hydrogens (tertiary/aromatic N) is 1. The van der Waals surface area contributed by atoms with Crippen molar-refractivity contribution in [3.8, 4) is 0 Å². The van der Waals surface area contributed by atoms with Crippen LogP contribution < -0.4 is 0 Å². The van der Waals surface area contributed by atoms with Crippen LogP contribution in [0.15, 0.2) is 24.3 Å². The number of benzene rings is 1. The van der Waals surface area contributed by atoms with Gasteiger partial charge < -0.3 is 9.84 Å². The molecule has 1 rings (SSSR count). The molecule has 0 aliphatic heterocycles. The summed E-state index contributed by atoms with van der Waals surface area (Å²) in [6.07, 6.45) is 2.15. The van der Waals surface area contributed by atoms with E-state index in [9.17, 15) is 4.79 Å². The third-order valence-electron chi connectivity index (χ3n) is 3.21. The zero-order valence-electron chi connectivity index (χ0n) is 12.5. The van der Waals surface area contributed by atoms with Gasteiger partial charge in [0.15, 0.2) is 5.78 Å². The Labute approximate surface area is 121 Å². The largest absolute Gasteiger partial charge is 0.395 e. The van der Waals surface area contributed by atoms with Gasteiger partial charge in [-0.05, 0) is 12.0 Å². The average molecular weight is 279 g/mol. The van der Waals surface area contributed by atoms with Crippen molar-refractivity contribution in [2.45, 2.75) is 19.8 Å². The molecule has 0 atom stereocenters. The molecule has 1 aromatic rings. The number of ether oxygens (including phenoxy) is 1. The maximum absolute atomic E-state index is 12.2. The van der Waals surface area contributed by atoms with Crippen LogP contribution in [-0.4, -0.2) is 55.7 Å². The van der Waals surface area contributed by atoms with E-state index in [0.29, 0.717) is 26.2 Å². The highest BCUT2D eigenvalue weighted by Gasteiger charge is 2.12. The summed E-state index contributed by atoms with van der Waals surface area (Å²) in [6.45, 7) is 4.20. The highest BCUT2D eigenvalue weighted by Crippen LogP contribution is 2.08. The number of rotatable bonds is 10. The molecule has 0 heterocycles. The molecule has 0 radical (unpaired) electrons. The van der Waals surface area contributed by atoms with Crippen LogP contribution in [0, 0.1) is 0 Å². The highest BCUT2D eigenvalue weighted by molar-refractivity contribution is 5.97. The number of aliphatic hydroxyl groups is 1. The van der Waals surface area contributed by atoms with E-state index < -0.39 is 0 Å². The number of hydrogen-bond donors (Lipinski definition) is 1. The van der Waals surface area contributed by atoms with Crippen LogP contribution in [0.4, 0.5) is 0 Å². The molecule has 0 aromatic heterocycles. The monoisotopic (exact) mass is 279 g/mol. The number of ketones is 1. The smallest absolute Gasteiger partial charge is 0.176 e. The quantitative estimate of drug-likeness (QED) is 0.663. The number of hydrogen-bond acceptors (Lipinski definition) is 4. The van der Waals surface area contributed by atoms with Crippen LogP contribution in [0.3, 0.4) is 0 Å². The van der Waals surface area contributed by atoms with E-state index in [0.717, 1.165) is 18.4 Å². The first kappa shape index (κ1) is 16.8. The molecule has 0 unspecified atom stereocenters. The fraction of sp³-hybridized carbons (Fsp3) is 0.562. The molecule has 0 saturated heterocycles. The van der Waals surface area contributed by atoms with E-state index in [-0.39, 0.29) is 12.4 Å². The maximum atomic E-state index is 12.2. The first-order valence-electron chi connectivity index (χ1n) is 7.15. The SMILES string of the molecule is CCCc1ccc(C(=O)CN(CCO)CCOC)cc1. The van der Waals surface area contributed by atoms with E-state index >= 15 is 0 Å². The fourth-order valence-electron chi connectivity index (χ4n) is 2.07. The molecule has 1 aromatic carbocycles. The van der Waals surface area contributed by atoms with Gasteiger partial charge in [0.2, 0.25) is 0 Å². The highest BCUT2D eigenvalue weighted by atomic mass is 16.5. The Hall–Kier alpha value is -1.23. The van der Waals surface area contributed by atoms with Crippen molar-refractivity contribution in [2.24, 2.45) is 0 Å². The van der Waals surface area contributed by atoms with E-state index in [1.807, 2.05) is 29.2 Å². The van der Waals surface area contributed by atoms with Crippen molar-refractivity contribution in [1.29, 1.82) is 0 Å². The Balaban J connectivity index is 2.58. The zero-order valence-corrected chi connectivity index (χ0v) is 12.5. The third kappa shape index (κ3) is 5.82. The molecule has 0 aliphatic carbocycles. The Morgan fingerprint density at radius 1 is 1.25 bits per heavy atom. The predicted molar refractivity (Wildman–Crippen MR) is 80.2 cm³/mol. The van der Waals surface area contributed by atoms with Crippen LogP contribution >= 0.6 is 0 Å². The van der Waals surface area contributed by atoms with Gasteiger partial charge in [-0.2, -0.15) is 0 Å². The summed E-state index contributed by atoms with van der Waals surface area (Å²) in [5.41, 5.74) is 1.99. The molecular weight excluding hydrogens is 254 g/mol. The molecule has 0 fully saturated rings. The number of carbonyl (C=O) groups is 1. The lowest BCUT2D eigenvalue weighted by Gasteiger charge is -2.19. The molecular formula is C16H25NO3. The van der Waals surface area contributed by atoms with Crippen molar-refractivity contribution < 1.29 is 14.6 Å². The van der Waals surface area contributed by atoms with Crippen molar-refractivity contribution in [3.63, 3.8) is 0 Å². The number of aliphatic hydroxyl groups excluding tert-OH is 1. The van der Waals surface area contributed by atoms with Gasteiger partial charge >= 0.3 is 0 Å². The van der Waals surface area contributed by atoms with E-state index in [2.05, 4.69) is 6.92 Å². The van der Waals surface area contributed by atoms with Gasteiger partial charge in [-0.3, -0.25) is 9.69 Å². The predicted octanol–water partition coefficient (Wildman–Crippen LogP) is 1.76. The van der Waals surface area contributed by atoms with Gasteiger partial charge in [0.05, 0.1) is 19.8 Å². The lowest BCUT2D eigenvalue weighted by atomic mass is 10.1. The van der Waals surface area contributed by atoms with Crippen LogP contribution in [0.1, 0.15) is 29.3 Å². The summed E-state index contributed by atoms with van der Waals surface area (Å²) in [5, 5.41) is 9.02. The summed E-state index contributed by atoms with van der Waals surface area (Å²) < 4.78 is 5.01. The van der Waals surface area contributed by atoms with E-state index in [1.165, 1.54) is 5.56 Å². The Morgan fingerprint density at radius 2 is 1.95 bits per heavy atom. The van der Waals surface area contributed by atoms with Crippen molar-refractivity contribution >= 4 is 5.78 Å². The summed E-state index contributed by atoms with van der Waals surface area (Å²) in [5.74, 6) is 0.0811. The number of aryl methyl sites for hydroxylation is 1. The lowest BCUT2D eigenvalue weighted by molar-refractivity contribution is 0.0868. The van der Waals surface area contributed by atoms with Crippen molar-refractivity contribution in [3.05, 3.63) is 35.4 Å². The molecule has 0 bridgehead atoms. The molecule has 20 heavy (non-hydrogen) atoms. The first-order valence-corrected chi connectivity index (χ1v) is 7.15. The van der Waals surface area contributed by atoms with Crippen molar-refractivity contribution in [2.75, 3.05) is 40.0 Å². The molecule has 1 N–H and O–H groups in total. The van der Waals surface area contributed by atoms with Gasteiger partial charge in [-0.15, -0.1) is 0 Å². The Bertz CT molecular complexity index is 389. The van der Waals surface area contributed by atoms with Crippen molar-refractivity contribution in [1.82, 2.24) is 4.90 Å². The molecule has 0 spiro atoms. The van der Waals surface area contributed by atoms with Gasteiger partial charge in [0.25, 0.3) is 0 Å². The van der Waals surface area contributed by atoms with Gasteiger partial charge in [0.1, 0.15) is 0 Å². The maximum Gasteiger partial charge on any atom is 0.176 e. The second-order valence-electron chi connectivity index (χ2n) is 4.86. The molecule has 0 saturated carbocycles. The first-order chi connectivity index (χ1) is 9.71. The van der Waals surface area contributed by atoms with Crippen LogP contribution in [0.25, 0.3) is 0 Å². The molecule has 4 heteroatoms. The minimum absolute atomic E-state index is 0.0480. The topological polar surface area (TPSA) is 49.8 Å². The summed E-state index contributed by atoms with van der Waals surface area (Å²) >= 11 is 0. The van der Waals surface area contributed by atoms with E-state index in [4.69, 9.17) is 9.84 Å². The molecule has 4 nitrogen and oxygen atoms in total. The minimum Gasteiger partial charge on any atom is -0.395 e. The van der Waals surface area contributed by atoms with Gasteiger partial charge in [-0.25, -0.2) is 0 Å². The average Bonchev–Trinajstić information content (AvgIpc) is 2.46. The summed E-state index contributed by atoms with van der Waals surface area (Å²) in [4.78, 5) is 14.1. The molecule has 0 aliphatic rings. The van der Waals surface area contributed by atoms with Gasteiger partial charge in [-0.1, -0.05) is 37.6 Å². The van der Waals surface area contributed by atoms with Crippen LogP contribution in [-0.2, 0) is 11.2 Å². The normalized spacial score (nSPS) is 11.0. The third-order valence-corrected chi connectivity index (χ3v) is 3.21. The standard InChI is InChI=1S/C16H25NO3/c1-3-4-14-5-7-15(8-6-14)16(19)13-17(9-11-18)10-12-20-2/h5-8,18H,3-4,9-13H2,1-2H3. The van der Waals surface area contributed by atoms with E-state index in [1.54, 1.807) is 7.11 Å². The molecule has 0 amide bonds. The second-order valence-corrected chi connectivity index (χ2v) is 4.86. The minimum atomic E-state index is 0.0480. The number of carbonyl (C=O) groups excluding carboxylic acids is 1. The second kappa shape index (κ2) is 9.64. The summed E-state index contributed by atoms with van der Waals surface area (Å²) in [6, 6.07) is 7.81.